The van der Waals surface area contributed by atoms with Crippen LogP contribution >= 0.6 is 15.6 Å². The molecule has 94 heavy (non-hydrogen) atoms. The van der Waals surface area contributed by atoms with Crippen LogP contribution in [0.5, 0.6) is 0 Å². The summed E-state index contributed by atoms with van der Waals surface area (Å²) in [6.45, 7) is 11.9. The summed E-state index contributed by atoms with van der Waals surface area (Å²) in [5.74, 6) is 0.182. The lowest BCUT2D eigenvalue weighted by Gasteiger charge is -2.21. The largest absolute Gasteiger partial charge is 0.472 e. The van der Waals surface area contributed by atoms with E-state index in [1.165, 1.54) is 186 Å². The van der Waals surface area contributed by atoms with Gasteiger partial charge in [0.1, 0.15) is 19.3 Å². The normalized spacial score (nSPS) is 14.7. The molecule has 0 aromatic heterocycles. The lowest BCUT2D eigenvalue weighted by atomic mass is 9.99. The second-order valence-electron chi connectivity index (χ2n) is 28.0. The summed E-state index contributed by atoms with van der Waals surface area (Å²) in [7, 11) is -9.91. The van der Waals surface area contributed by atoms with E-state index < -0.39 is 97.5 Å². The van der Waals surface area contributed by atoms with E-state index in [1.807, 2.05) is 0 Å². The maximum Gasteiger partial charge on any atom is 0.472 e. The van der Waals surface area contributed by atoms with Crippen LogP contribution in [0.3, 0.4) is 0 Å². The number of unbranched alkanes of at least 4 members (excludes halogenated alkanes) is 39. The maximum absolute atomic E-state index is 13.1. The van der Waals surface area contributed by atoms with E-state index in [4.69, 9.17) is 37.0 Å². The summed E-state index contributed by atoms with van der Waals surface area (Å²) in [5.41, 5.74) is 0. The summed E-state index contributed by atoms with van der Waals surface area (Å²) >= 11 is 0. The predicted octanol–water partition coefficient (Wildman–Crippen LogP) is 21.8. The van der Waals surface area contributed by atoms with Crippen molar-refractivity contribution in [3.8, 4) is 0 Å². The van der Waals surface area contributed by atoms with Gasteiger partial charge in [0.05, 0.1) is 26.4 Å². The van der Waals surface area contributed by atoms with Gasteiger partial charge in [-0.25, -0.2) is 9.13 Å². The lowest BCUT2D eigenvalue weighted by Crippen LogP contribution is -2.30. The second-order valence-corrected chi connectivity index (χ2v) is 30.9. The van der Waals surface area contributed by atoms with Crippen LogP contribution in [0, 0.1) is 17.8 Å². The minimum Gasteiger partial charge on any atom is -0.462 e. The first-order valence-electron chi connectivity index (χ1n) is 38.9. The van der Waals surface area contributed by atoms with Crippen molar-refractivity contribution in [2.75, 3.05) is 39.6 Å². The van der Waals surface area contributed by atoms with Crippen molar-refractivity contribution < 1.29 is 80.2 Å². The Morgan fingerprint density at radius 3 is 0.809 bits per heavy atom. The van der Waals surface area contributed by atoms with Crippen molar-refractivity contribution >= 4 is 39.5 Å². The Balaban J connectivity index is 5.25. The zero-order valence-electron chi connectivity index (χ0n) is 61.4. The number of aliphatic hydroxyl groups is 1. The first-order chi connectivity index (χ1) is 45.3. The Labute approximate surface area is 575 Å². The molecule has 0 aliphatic carbocycles. The van der Waals surface area contributed by atoms with Crippen LogP contribution in [-0.2, 0) is 65.4 Å². The molecular formula is C75H146O17P2. The third kappa shape index (κ3) is 66.0. The molecule has 0 bridgehead atoms. The van der Waals surface area contributed by atoms with E-state index in [1.54, 1.807) is 0 Å². The summed E-state index contributed by atoms with van der Waals surface area (Å²) in [6, 6.07) is 0. The van der Waals surface area contributed by atoms with Gasteiger partial charge in [-0.1, -0.05) is 331 Å². The molecule has 19 heteroatoms. The summed E-state index contributed by atoms with van der Waals surface area (Å²) in [6.07, 6.45) is 51.3. The van der Waals surface area contributed by atoms with E-state index in [0.29, 0.717) is 25.7 Å². The number of aliphatic hydroxyl groups excluding tert-OH is 1. The molecule has 0 radical (unpaired) electrons. The average molecular weight is 1380 g/mol. The number of rotatable bonds is 73. The molecule has 0 amide bonds. The molecule has 0 aliphatic rings. The maximum atomic E-state index is 13.1. The standard InChI is InChI=1S/C75H146O17P2/c1-8-11-12-13-14-15-16-17-22-25-28-34-42-49-56-72(77)85-62-70(91-74(79)58-51-44-35-29-26-23-20-18-19-21-24-27-32-39-46-53-66(4)5)64-89-93(81,82)87-60-69(76)61-88-94(83,84)90-65-71(63-86-73(78)57-50-43-38-37-41-48-55-68(7)10-3)92-75(80)59-52-45-36-31-30-33-40-47-54-67(6)9-2/h66-71,76H,8-65H2,1-7H3,(H,81,82)(H,83,84)/t67?,68?,69-,70-,71-/m1/s1. The van der Waals surface area contributed by atoms with Crippen molar-refractivity contribution in [2.24, 2.45) is 17.8 Å². The van der Waals surface area contributed by atoms with Crippen molar-refractivity contribution in [3.05, 3.63) is 0 Å². The molecule has 0 heterocycles. The molecule has 7 atom stereocenters. The quantitative estimate of drug-likeness (QED) is 0.0222. The first-order valence-corrected chi connectivity index (χ1v) is 41.9. The van der Waals surface area contributed by atoms with Gasteiger partial charge < -0.3 is 33.8 Å². The van der Waals surface area contributed by atoms with Crippen LogP contribution in [0.2, 0.25) is 0 Å². The molecule has 17 nitrogen and oxygen atoms in total. The van der Waals surface area contributed by atoms with E-state index >= 15 is 0 Å². The van der Waals surface area contributed by atoms with Crippen LogP contribution in [-0.4, -0.2) is 96.7 Å². The van der Waals surface area contributed by atoms with E-state index in [-0.39, 0.29) is 25.7 Å². The molecule has 0 fully saturated rings. The third-order valence-corrected chi connectivity index (χ3v) is 20.0. The fraction of sp³-hybridized carbons (Fsp3) is 0.947. The molecule has 0 aromatic carbocycles. The van der Waals surface area contributed by atoms with Crippen LogP contribution in [0.4, 0.5) is 0 Å². The fourth-order valence-corrected chi connectivity index (χ4v) is 12.9. The smallest absolute Gasteiger partial charge is 0.462 e. The van der Waals surface area contributed by atoms with Gasteiger partial charge in [-0.15, -0.1) is 0 Å². The van der Waals surface area contributed by atoms with Gasteiger partial charge in [-0.05, 0) is 43.4 Å². The minimum atomic E-state index is -4.96. The van der Waals surface area contributed by atoms with E-state index in [0.717, 1.165) is 114 Å². The van der Waals surface area contributed by atoms with Gasteiger partial charge in [0.15, 0.2) is 12.2 Å². The monoisotopic (exact) mass is 1380 g/mol. The van der Waals surface area contributed by atoms with Crippen LogP contribution < -0.4 is 0 Å². The van der Waals surface area contributed by atoms with Crippen LogP contribution in [0.1, 0.15) is 382 Å². The van der Waals surface area contributed by atoms with E-state index in [2.05, 4.69) is 48.5 Å². The number of carbonyl (C=O) groups excluding carboxylic acids is 4. The molecule has 0 saturated heterocycles. The Kier molecular flexibility index (Phi) is 64.3. The first kappa shape index (κ1) is 92.1. The average Bonchev–Trinajstić information content (AvgIpc) is 1.60. The highest BCUT2D eigenvalue weighted by Gasteiger charge is 2.30. The highest BCUT2D eigenvalue weighted by Crippen LogP contribution is 2.45. The number of phosphoric acid groups is 2. The fourth-order valence-electron chi connectivity index (χ4n) is 11.4. The lowest BCUT2D eigenvalue weighted by molar-refractivity contribution is -0.161. The minimum absolute atomic E-state index is 0.104. The molecule has 558 valence electrons. The number of hydrogen-bond acceptors (Lipinski definition) is 15. The van der Waals surface area contributed by atoms with Crippen LogP contribution in [0.15, 0.2) is 0 Å². The third-order valence-electron chi connectivity index (χ3n) is 18.1. The van der Waals surface area contributed by atoms with E-state index in [9.17, 15) is 43.2 Å². The highest BCUT2D eigenvalue weighted by molar-refractivity contribution is 7.47. The van der Waals surface area contributed by atoms with Crippen molar-refractivity contribution in [2.45, 2.75) is 401 Å². The van der Waals surface area contributed by atoms with Crippen molar-refractivity contribution in [3.63, 3.8) is 0 Å². The molecule has 4 unspecified atom stereocenters. The summed E-state index contributed by atoms with van der Waals surface area (Å²) < 4.78 is 68.5. The SMILES string of the molecule is CCCCCCCCCCCCCCCCC(=O)OC[C@H](COP(=O)(O)OC[C@@H](O)COP(=O)(O)OC[C@@H](COC(=O)CCCCCCCCC(C)CC)OC(=O)CCCCCCCCCCC(C)CC)OC(=O)CCCCCCCCCCCCCCCCCC(C)C. The van der Waals surface area contributed by atoms with Crippen LogP contribution in [0.25, 0.3) is 0 Å². The molecule has 0 aromatic rings. The summed E-state index contributed by atoms with van der Waals surface area (Å²) in [4.78, 5) is 72.8. The van der Waals surface area contributed by atoms with Gasteiger partial charge >= 0.3 is 39.5 Å². The zero-order chi connectivity index (χ0) is 69.4. The molecule has 0 rings (SSSR count). The van der Waals surface area contributed by atoms with Crippen molar-refractivity contribution in [1.29, 1.82) is 0 Å². The molecule has 0 saturated carbocycles. The molecular weight excluding hydrogens is 1230 g/mol. The topological polar surface area (TPSA) is 237 Å². The van der Waals surface area contributed by atoms with Crippen molar-refractivity contribution in [1.82, 2.24) is 0 Å². The Hall–Kier alpha value is -1.94. The highest BCUT2D eigenvalue weighted by atomic mass is 31.2. The number of carbonyl (C=O) groups is 4. The molecule has 3 N–H and O–H groups in total. The second kappa shape index (κ2) is 65.7. The van der Waals surface area contributed by atoms with Gasteiger partial charge in [-0.3, -0.25) is 37.3 Å². The van der Waals surface area contributed by atoms with Gasteiger partial charge in [-0.2, -0.15) is 0 Å². The van der Waals surface area contributed by atoms with Gasteiger partial charge in [0.25, 0.3) is 0 Å². The number of hydrogen-bond donors (Lipinski definition) is 3. The van der Waals surface area contributed by atoms with Gasteiger partial charge in [0, 0.05) is 25.7 Å². The Morgan fingerprint density at radius 2 is 0.543 bits per heavy atom. The van der Waals surface area contributed by atoms with Gasteiger partial charge in [0.2, 0.25) is 0 Å². The number of ether oxygens (including phenoxy) is 4. The number of esters is 4. The molecule has 0 aliphatic heterocycles. The zero-order valence-corrected chi connectivity index (χ0v) is 63.2. The Bertz CT molecular complexity index is 1840. The molecule has 0 spiro atoms. The predicted molar refractivity (Wildman–Crippen MR) is 381 cm³/mol. The Morgan fingerprint density at radius 1 is 0.309 bits per heavy atom. The number of phosphoric ester groups is 2. The summed E-state index contributed by atoms with van der Waals surface area (Å²) in [5, 5.41) is 10.6.